The highest BCUT2D eigenvalue weighted by Crippen LogP contribution is 2.24. The quantitative estimate of drug-likeness (QED) is 0.575. The summed E-state index contributed by atoms with van der Waals surface area (Å²) in [5.74, 6) is -0.295. The van der Waals surface area contributed by atoms with Crippen molar-refractivity contribution in [3.05, 3.63) is 92.3 Å². The van der Waals surface area contributed by atoms with Crippen LogP contribution in [0.5, 0.6) is 5.75 Å². The largest absolute Gasteiger partial charge is 0.491 e. The molecule has 0 unspecified atom stereocenters. The zero-order valence-corrected chi connectivity index (χ0v) is 17.3. The molecule has 1 N–H and O–H groups in total. The average Bonchev–Trinajstić information content (AvgIpc) is 2.73. The molecule has 1 amide bonds. The van der Waals surface area contributed by atoms with Crippen LogP contribution in [0.1, 0.15) is 22.3 Å². The molecule has 0 bridgehead atoms. The minimum absolute atomic E-state index is 0.00270. The summed E-state index contributed by atoms with van der Waals surface area (Å²) in [4.78, 5) is 29.5. The van der Waals surface area contributed by atoms with Gasteiger partial charge in [0, 0.05) is 18.4 Å². The molecule has 7 heteroatoms. The standard InChI is InChI=1S/C22H20Cl2N2O3/c1-29-20-17(11-12-25-21(20)27)22(28)26(16-7-3-2-4-8-16)13-5-6-15-9-10-18(23)19(24)14-15/h2-4,7-12,14H,5-6,13H2,1H3,(H,25,27). The number of aromatic nitrogens is 1. The highest BCUT2D eigenvalue weighted by molar-refractivity contribution is 6.42. The third kappa shape index (κ3) is 5.00. The van der Waals surface area contributed by atoms with Crippen LogP contribution < -0.4 is 15.2 Å². The summed E-state index contributed by atoms with van der Waals surface area (Å²) < 4.78 is 5.16. The van der Waals surface area contributed by atoms with E-state index >= 15 is 0 Å². The second kappa shape index (κ2) is 9.63. The lowest BCUT2D eigenvalue weighted by molar-refractivity contribution is 0.0983. The Bertz CT molecular complexity index is 1050. The number of benzene rings is 2. The van der Waals surface area contributed by atoms with Crippen molar-refractivity contribution in [3.63, 3.8) is 0 Å². The monoisotopic (exact) mass is 430 g/mol. The lowest BCUT2D eigenvalue weighted by Gasteiger charge is -2.23. The Labute approximate surface area is 178 Å². The van der Waals surface area contributed by atoms with E-state index in [-0.39, 0.29) is 17.2 Å². The number of halogens is 2. The molecule has 29 heavy (non-hydrogen) atoms. The van der Waals surface area contributed by atoms with Gasteiger partial charge in [-0.3, -0.25) is 9.59 Å². The fraction of sp³-hybridized carbons (Fsp3) is 0.182. The van der Waals surface area contributed by atoms with E-state index in [0.29, 0.717) is 23.0 Å². The third-order valence-electron chi connectivity index (χ3n) is 4.49. The highest BCUT2D eigenvalue weighted by Gasteiger charge is 2.22. The minimum Gasteiger partial charge on any atom is -0.491 e. The number of hydrogen-bond acceptors (Lipinski definition) is 3. The van der Waals surface area contributed by atoms with Crippen LogP contribution in [0, 0.1) is 0 Å². The number of pyridine rings is 1. The van der Waals surface area contributed by atoms with Crippen molar-refractivity contribution < 1.29 is 9.53 Å². The van der Waals surface area contributed by atoms with E-state index in [1.807, 2.05) is 42.5 Å². The Kier molecular flexibility index (Phi) is 6.96. The van der Waals surface area contributed by atoms with Crippen LogP contribution in [-0.4, -0.2) is 24.5 Å². The third-order valence-corrected chi connectivity index (χ3v) is 5.23. The average molecular weight is 431 g/mol. The fourth-order valence-corrected chi connectivity index (χ4v) is 3.39. The van der Waals surface area contributed by atoms with Crippen molar-refractivity contribution in [2.45, 2.75) is 12.8 Å². The van der Waals surface area contributed by atoms with Crippen molar-refractivity contribution in [1.82, 2.24) is 4.98 Å². The van der Waals surface area contributed by atoms with Crippen molar-refractivity contribution in [1.29, 1.82) is 0 Å². The van der Waals surface area contributed by atoms with Gasteiger partial charge in [0.25, 0.3) is 11.5 Å². The number of para-hydroxylation sites is 1. The van der Waals surface area contributed by atoms with Crippen LogP contribution in [0.15, 0.2) is 65.6 Å². The van der Waals surface area contributed by atoms with Crippen molar-refractivity contribution in [2.24, 2.45) is 0 Å². The molecule has 3 aromatic rings. The van der Waals surface area contributed by atoms with E-state index in [1.165, 1.54) is 13.3 Å². The summed E-state index contributed by atoms with van der Waals surface area (Å²) in [6, 6.07) is 16.4. The zero-order chi connectivity index (χ0) is 20.8. The molecule has 1 heterocycles. The molecular formula is C22H20Cl2N2O3. The Morgan fingerprint density at radius 2 is 1.83 bits per heavy atom. The Hall–Kier alpha value is -2.76. The van der Waals surface area contributed by atoms with Crippen LogP contribution >= 0.6 is 23.2 Å². The van der Waals surface area contributed by atoms with Crippen LogP contribution in [0.2, 0.25) is 10.0 Å². The molecule has 150 valence electrons. The van der Waals surface area contributed by atoms with E-state index in [4.69, 9.17) is 27.9 Å². The zero-order valence-electron chi connectivity index (χ0n) is 15.8. The number of ether oxygens (including phenoxy) is 1. The molecular weight excluding hydrogens is 411 g/mol. The summed E-state index contributed by atoms with van der Waals surface area (Å²) in [5.41, 5.74) is 1.55. The number of aryl methyl sites for hydroxylation is 1. The highest BCUT2D eigenvalue weighted by atomic mass is 35.5. The SMILES string of the molecule is COc1c(C(=O)N(CCCc2ccc(Cl)c(Cl)c2)c2ccccc2)cc[nH]c1=O. The number of amides is 1. The lowest BCUT2D eigenvalue weighted by Crippen LogP contribution is -2.33. The van der Waals surface area contributed by atoms with Gasteiger partial charge in [0.2, 0.25) is 0 Å². The summed E-state index contributed by atoms with van der Waals surface area (Å²) in [6.07, 6.45) is 2.86. The van der Waals surface area contributed by atoms with Crippen molar-refractivity contribution in [3.8, 4) is 5.75 Å². The normalized spacial score (nSPS) is 10.6. The number of carbonyl (C=O) groups is 1. The van der Waals surface area contributed by atoms with Gasteiger partial charge in [-0.05, 0) is 48.7 Å². The van der Waals surface area contributed by atoms with Gasteiger partial charge in [-0.15, -0.1) is 0 Å². The first-order valence-electron chi connectivity index (χ1n) is 9.07. The molecule has 0 radical (unpaired) electrons. The van der Waals surface area contributed by atoms with Gasteiger partial charge in [0.1, 0.15) is 0 Å². The van der Waals surface area contributed by atoms with E-state index in [1.54, 1.807) is 17.0 Å². The molecule has 0 atom stereocenters. The van der Waals surface area contributed by atoms with E-state index in [0.717, 1.165) is 17.7 Å². The molecule has 0 saturated carbocycles. The van der Waals surface area contributed by atoms with Gasteiger partial charge >= 0.3 is 0 Å². The molecule has 0 spiro atoms. The minimum atomic E-state index is -0.442. The first-order chi connectivity index (χ1) is 14.0. The maximum absolute atomic E-state index is 13.3. The number of anilines is 1. The fourth-order valence-electron chi connectivity index (χ4n) is 3.07. The second-order valence-corrected chi connectivity index (χ2v) is 7.21. The molecule has 0 fully saturated rings. The maximum Gasteiger partial charge on any atom is 0.291 e. The molecule has 0 aliphatic heterocycles. The van der Waals surface area contributed by atoms with Gasteiger partial charge < -0.3 is 14.6 Å². The number of hydrogen-bond donors (Lipinski definition) is 1. The number of aromatic amines is 1. The number of carbonyl (C=O) groups excluding carboxylic acids is 1. The smallest absolute Gasteiger partial charge is 0.291 e. The number of rotatable bonds is 7. The molecule has 0 saturated heterocycles. The van der Waals surface area contributed by atoms with Crippen LogP contribution in [0.4, 0.5) is 5.69 Å². The van der Waals surface area contributed by atoms with Gasteiger partial charge in [0.05, 0.1) is 22.7 Å². The lowest BCUT2D eigenvalue weighted by atomic mass is 10.1. The molecule has 0 aliphatic carbocycles. The first-order valence-corrected chi connectivity index (χ1v) is 9.83. The second-order valence-electron chi connectivity index (χ2n) is 6.40. The summed E-state index contributed by atoms with van der Waals surface area (Å²) in [5, 5.41) is 1.02. The van der Waals surface area contributed by atoms with Crippen LogP contribution in [0.3, 0.4) is 0 Å². The summed E-state index contributed by atoms with van der Waals surface area (Å²) in [7, 11) is 1.37. The van der Waals surface area contributed by atoms with E-state index in [2.05, 4.69) is 4.98 Å². The number of nitrogens with zero attached hydrogens (tertiary/aromatic N) is 1. The maximum atomic E-state index is 13.3. The van der Waals surface area contributed by atoms with Gasteiger partial charge in [0.15, 0.2) is 5.75 Å². The van der Waals surface area contributed by atoms with E-state index < -0.39 is 5.56 Å². The van der Waals surface area contributed by atoms with Crippen LogP contribution in [-0.2, 0) is 6.42 Å². The summed E-state index contributed by atoms with van der Waals surface area (Å²) >= 11 is 12.1. The first kappa shape index (κ1) is 21.0. The molecule has 0 aliphatic rings. The number of H-pyrrole nitrogens is 1. The predicted molar refractivity (Wildman–Crippen MR) is 117 cm³/mol. The van der Waals surface area contributed by atoms with Gasteiger partial charge in [-0.1, -0.05) is 47.5 Å². The molecule has 5 nitrogen and oxygen atoms in total. The number of methoxy groups -OCH3 is 1. The Balaban J connectivity index is 1.84. The number of nitrogens with one attached hydrogen (secondary N) is 1. The topological polar surface area (TPSA) is 62.4 Å². The molecule has 3 rings (SSSR count). The Morgan fingerprint density at radius 3 is 2.52 bits per heavy atom. The van der Waals surface area contributed by atoms with Gasteiger partial charge in [-0.2, -0.15) is 0 Å². The molecule has 2 aromatic carbocycles. The summed E-state index contributed by atoms with van der Waals surface area (Å²) in [6.45, 7) is 0.457. The van der Waals surface area contributed by atoms with Crippen molar-refractivity contribution in [2.75, 3.05) is 18.6 Å². The molecule has 1 aromatic heterocycles. The van der Waals surface area contributed by atoms with E-state index in [9.17, 15) is 9.59 Å². The van der Waals surface area contributed by atoms with Crippen molar-refractivity contribution >= 4 is 34.8 Å². The predicted octanol–water partition coefficient (Wildman–Crippen LogP) is 4.97. The van der Waals surface area contributed by atoms with Crippen LogP contribution in [0.25, 0.3) is 0 Å². The Morgan fingerprint density at radius 1 is 1.07 bits per heavy atom. The van der Waals surface area contributed by atoms with Gasteiger partial charge in [-0.25, -0.2) is 0 Å².